The van der Waals surface area contributed by atoms with Gasteiger partial charge < -0.3 is 9.73 Å². The Kier molecular flexibility index (Phi) is 4.37. The molecule has 0 spiro atoms. The zero-order chi connectivity index (χ0) is 18.1. The van der Waals surface area contributed by atoms with Crippen molar-refractivity contribution in [1.82, 2.24) is 0 Å². The molecule has 5 nitrogen and oxygen atoms in total. The van der Waals surface area contributed by atoms with Crippen molar-refractivity contribution < 1.29 is 14.0 Å². The first-order chi connectivity index (χ1) is 12.7. The van der Waals surface area contributed by atoms with Gasteiger partial charge in [0.15, 0.2) is 0 Å². The van der Waals surface area contributed by atoms with Crippen molar-refractivity contribution in [2.45, 2.75) is 38.6 Å². The molecular formula is C21H22N2O3. The zero-order valence-corrected chi connectivity index (χ0v) is 14.8. The molecule has 1 amide bonds. The number of nitrogens with one attached hydrogen (secondary N) is 1. The van der Waals surface area contributed by atoms with E-state index in [0.29, 0.717) is 25.0 Å². The van der Waals surface area contributed by atoms with E-state index in [0.717, 1.165) is 23.5 Å². The van der Waals surface area contributed by atoms with E-state index in [-0.39, 0.29) is 11.7 Å². The van der Waals surface area contributed by atoms with E-state index in [4.69, 9.17) is 4.42 Å². The number of amides is 1. The van der Waals surface area contributed by atoms with Gasteiger partial charge in [0.05, 0.1) is 23.6 Å². The fourth-order valence-corrected chi connectivity index (χ4v) is 3.92. The topological polar surface area (TPSA) is 62.6 Å². The summed E-state index contributed by atoms with van der Waals surface area (Å²) in [5.74, 6) is 0.337. The number of para-hydroxylation sites is 2. The zero-order valence-electron chi connectivity index (χ0n) is 14.8. The predicted octanol–water partition coefficient (Wildman–Crippen LogP) is 4.44. The normalized spacial score (nSPS) is 22.0. The molecule has 4 rings (SSSR count). The molecule has 0 saturated carbocycles. The number of anilines is 2. The second-order valence-corrected chi connectivity index (χ2v) is 6.76. The van der Waals surface area contributed by atoms with Gasteiger partial charge in [-0.1, -0.05) is 25.1 Å². The van der Waals surface area contributed by atoms with Gasteiger partial charge in [0, 0.05) is 18.5 Å². The molecular weight excluding hydrogens is 328 g/mol. The lowest BCUT2D eigenvalue weighted by atomic mass is 9.83. The van der Waals surface area contributed by atoms with E-state index in [1.807, 2.05) is 37.3 Å². The predicted molar refractivity (Wildman–Crippen MR) is 99.7 cm³/mol. The summed E-state index contributed by atoms with van der Waals surface area (Å²) in [6.45, 7) is 1.98. The fraction of sp³-hybridized carbons (Fsp3) is 0.333. The molecule has 2 aliphatic rings. The van der Waals surface area contributed by atoms with Crippen LogP contribution in [0.25, 0.3) is 0 Å². The molecule has 1 aromatic carbocycles. The number of ketones is 1. The number of furan rings is 1. The molecule has 26 heavy (non-hydrogen) atoms. The lowest BCUT2D eigenvalue weighted by Crippen LogP contribution is -2.41. The van der Waals surface area contributed by atoms with Gasteiger partial charge in [0.25, 0.3) is 0 Å². The summed E-state index contributed by atoms with van der Waals surface area (Å²) < 4.78 is 5.70. The maximum Gasteiger partial charge on any atom is 0.227 e. The number of hydrogen-bond acceptors (Lipinski definition) is 4. The van der Waals surface area contributed by atoms with Crippen LogP contribution in [0.5, 0.6) is 0 Å². The highest BCUT2D eigenvalue weighted by atomic mass is 16.3. The lowest BCUT2D eigenvalue weighted by molar-refractivity contribution is -0.123. The molecule has 1 aromatic heterocycles. The molecule has 0 bridgehead atoms. The van der Waals surface area contributed by atoms with E-state index in [1.54, 1.807) is 17.2 Å². The first kappa shape index (κ1) is 16.6. The molecule has 2 atom stereocenters. The number of Topliss-reactive ketones (excluding diaryl/α,β-unsaturated/α-hetero) is 1. The minimum Gasteiger partial charge on any atom is -0.467 e. The Morgan fingerprint density at radius 3 is 2.88 bits per heavy atom. The van der Waals surface area contributed by atoms with Crippen molar-refractivity contribution in [1.29, 1.82) is 0 Å². The maximum absolute atomic E-state index is 13.1. The fourth-order valence-electron chi connectivity index (χ4n) is 3.92. The summed E-state index contributed by atoms with van der Waals surface area (Å²) in [5.41, 5.74) is 2.49. The highest BCUT2D eigenvalue weighted by Crippen LogP contribution is 2.46. The van der Waals surface area contributed by atoms with Gasteiger partial charge in [-0.15, -0.1) is 0 Å². The Labute approximate surface area is 152 Å². The number of fused-ring (bicyclic) bond motifs is 2. The van der Waals surface area contributed by atoms with Crippen molar-refractivity contribution in [2.24, 2.45) is 5.92 Å². The maximum atomic E-state index is 13.1. The van der Waals surface area contributed by atoms with Crippen molar-refractivity contribution in [3.63, 3.8) is 0 Å². The number of allylic oxidation sites excluding steroid dienone is 1. The van der Waals surface area contributed by atoms with Gasteiger partial charge in [0.2, 0.25) is 5.91 Å². The van der Waals surface area contributed by atoms with Crippen molar-refractivity contribution in [3.8, 4) is 0 Å². The molecule has 134 valence electrons. The van der Waals surface area contributed by atoms with Crippen LogP contribution in [0.2, 0.25) is 0 Å². The Morgan fingerprint density at radius 1 is 1.27 bits per heavy atom. The van der Waals surface area contributed by atoms with Crippen molar-refractivity contribution in [2.75, 3.05) is 10.2 Å². The summed E-state index contributed by atoms with van der Waals surface area (Å²) in [4.78, 5) is 27.8. The quantitative estimate of drug-likeness (QED) is 0.889. The monoisotopic (exact) mass is 350 g/mol. The summed E-state index contributed by atoms with van der Waals surface area (Å²) in [6, 6.07) is 10.9. The molecule has 0 radical (unpaired) electrons. The Balaban J connectivity index is 1.94. The summed E-state index contributed by atoms with van der Waals surface area (Å²) in [7, 11) is 0. The minimum absolute atomic E-state index is 0.00257. The third kappa shape index (κ3) is 2.73. The number of rotatable bonds is 3. The van der Waals surface area contributed by atoms with Crippen LogP contribution in [0.3, 0.4) is 0 Å². The van der Waals surface area contributed by atoms with Gasteiger partial charge >= 0.3 is 0 Å². The number of nitrogens with zero attached hydrogens (tertiary/aromatic N) is 1. The van der Waals surface area contributed by atoms with Crippen molar-refractivity contribution in [3.05, 3.63) is 60.2 Å². The summed E-state index contributed by atoms with van der Waals surface area (Å²) in [5, 5.41) is 3.42. The van der Waals surface area contributed by atoms with E-state index >= 15 is 0 Å². The van der Waals surface area contributed by atoms with Crippen LogP contribution in [0, 0.1) is 5.92 Å². The van der Waals surface area contributed by atoms with Crippen LogP contribution in [0.1, 0.15) is 44.4 Å². The van der Waals surface area contributed by atoms with Gasteiger partial charge in [-0.05, 0) is 37.1 Å². The molecule has 1 aliphatic carbocycles. The average molecular weight is 350 g/mol. The first-order valence-electron chi connectivity index (χ1n) is 9.15. The van der Waals surface area contributed by atoms with Gasteiger partial charge in [-0.25, -0.2) is 0 Å². The van der Waals surface area contributed by atoms with Crippen LogP contribution in [-0.2, 0) is 9.59 Å². The third-order valence-electron chi connectivity index (χ3n) is 5.04. The highest BCUT2D eigenvalue weighted by Gasteiger charge is 2.44. The van der Waals surface area contributed by atoms with Crippen LogP contribution in [0.4, 0.5) is 11.4 Å². The molecule has 5 heteroatoms. The lowest BCUT2D eigenvalue weighted by Gasteiger charge is -2.34. The van der Waals surface area contributed by atoms with E-state index in [2.05, 4.69) is 11.4 Å². The Morgan fingerprint density at radius 2 is 2.12 bits per heavy atom. The molecule has 2 aromatic rings. The molecule has 0 saturated heterocycles. The summed E-state index contributed by atoms with van der Waals surface area (Å²) in [6.07, 6.45) is 6.04. The van der Waals surface area contributed by atoms with Gasteiger partial charge in [0.1, 0.15) is 17.6 Å². The van der Waals surface area contributed by atoms with E-state index in [9.17, 15) is 9.59 Å². The first-order valence-corrected chi connectivity index (χ1v) is 9.15. The molecule has 0 unspecified atom stereocenters. The second-order valence-electron chi connectivity index (χ2n) is 6.76. The summed E-state index contributed by atoms with van der Waals surface area (Å²) >= 11 is 0. The number of carbonyl (C=O) groups is 2. The Bertz CT molecular complexity index is 854. The molecule has 1 N–H and O–H groups in total. The van der Waals surface area contributed by atoms with Crippen LogP contribution in [-0.4, -0.2) is 11.7 Å². The third-order valence-corrected chi connectivity index (χ3v) is 5.04. The van der Waals surface area contributed by atoms with E-state index in [1.165, 1.54) is 0 Å². The van der Waals surface area contributed by atoms with E-state index < -0.39 is 12.0 Å². The van der Waals surface area contributed by atoms with Crippen LogP contribution in [0.15, 0.2) is 58.9 Å². The van der Waals surface area contributed by atoms with Gasteiger partial charge in [-0.3, -0.25) is 14.5 Å². The van der Waals surface area contributed by atoms with Crippen molar-refractivity contribution >= 4 is 23.1 Å². The van der Waals surface area contributed by atoms with Gasteiger partial charge in [-0.2, -0.15) is 0 Å². The Hall–Kier alpha value is -2.82. The molecule has 0 fully saturated rings. The second kappa shape index (κ2) is 6.83. The average Bonchev–Trinajstić information content (AvgIpc) is 3.11. The van der Waals surface area contributed by atoms with Crippen LogP contribution < -0.4 is 10.2 Å². The number of carbonyl (C=O) groups excluding carboxylic acids is 2. The highest BCUT2D eigenvalue weighted by molar-refractivity contribution is 6.00. The number of benzene rings is 1. The molecule has 1 aliphatic heterocycles. The SMILES string of the molecule is CCCC(=O)N1c2ccccc2NC2=CCCC(=O)[C@@H]2[C@@H]1c1ccco1. The van der Waals surface area contributed by atoms with Crippen LogP contribution >= 0.6 is 0 Å². The largest absolute Gasteiger partial charge is 0.467 e. The molecule has 2 heterocycles. The smallest absolute Gasteiger partial charge is 0.227 e. The minimum atomic E-state index is -0.473. The standard InChI is InChI=1S/C21H22N2O3/c1-2-7-19(25)23-16-10-4-3-8-14(16)22-15-9-5-11-17(24)20(15)21(23)18-12-6-13-26-18/h3-4,6,8-10,12-13,20-22H,2,5,7,11H2,1H3/t20-,21+/m1/s1. The number of hydrogen-bond donors (Lipinski definition) is 1.